The van der Waals surface area contributed by atoms with E-state index in [4.69, 9.17) is 4.74 Å². The lowest BCUT2D eigenvalue weighted by Crippen LogP contribution is -2.43. The van der Waals surface area contributed by atoms with Crippen molar-refractivity contribution in [1.29, 1.82) is 0 Å². The molecule has 2 heteroatoms. The fraction of sp³-hybridized carbons (Fsp3) is 1.00. The molecular formula is C10H19NO. The maximum absolute atomic E-state index is 5.53. The summed E-state index contributed by atoms with van der Waals surface area (Å²) >= 11 is 0. The van der Waals surface area contributed by atoms with Crippen LogP contribution in [-0.4, -0.2) is 37.7 Å². The van der Waals surface area contributed by atoms with Crippen LogP contribution in [0.4, 0.5) is 0 Å². The molecule has 2 fully saturated rings. The third-order valence-corrected chi connectivity index (χ3v) is 3.59. The molecule has 2 rings (SSSR count). The first-order chi connectivity index (χ1) is 5.83. The first kappa shape index (κ1) is 8.52. The van der Waals surface area contributed by atoms with Crippen molar-refractivity contribution in [3.63, 3.8) is 0 Å². The Hall–Kier alpha value is -0.0800. The zero-order valence-electron chi connectivity index (χ0n) is 8.12. The zero-order chi connectivity index (χ0) is 8.55. The van der Waals surface area contributed by atoms with Gasteiger partial charge in [-0.15, -0.1) is 0 Å². The topological polar surface area (TPSA) is 12.5 Å². The van der Waals surface area contributed by atoms with Gasteiger partial charge in [-0.25, -0.2) is 0 Å². The highest BCUT2D eigenvalue weighted by Gasteiger charge is 2.39. The molecule has 1 unspecified atom stereocenters. The fourth-order valence-corrected chi connectivity index (χ4v) is 2.96. The van der Waals surface area contributed by atoms with Gasteiger partial charge in [-0.1, -0.05) is 6.42 Å². The smallest absolute Gasteiger partial charge is 0.0729 e. The number of hydrogen-bond acceptors (Lipinski definition) is 2. The molecule has 1 aliphatic heterocycles. The molecule has 0 N–H and O–H groups in total. The third kappa shape index (κ3) is 1.27. The second-order valence-corrected chi connectivity index (χ2v) is 4.23. The van der Waals surface area contributed by atoms with Crippen molar-refractivity contribution < 1.29 is 4.74 Å². The normalized spacial score (nSPS) is 43.0. The molecule has 0 aromatic carbocycles. The Balaban J connectivity index is 2.07. The second-order valence-electron chi connectivity index (χ2n) is 4.23. The fourth-order valence-electron chi connectivity index (χ4n) is 2.96. The van der Waals surface area contributed by atoms with Crippen LogP contribution in [0, 0.1) is 5.92 Å². The second kappa shape index (κ2) is 3.35. The van der Waals surface area contributed by atoms with Gasteiger partial charge >= 0.3 is 0 Å². The minimum Gasteiger partial charge on any atom is -0.380 e. The molecule has 0 amide bonds. The van der Waals surface area contributed by atoms with Gasteiger partial charge in [-0.3, -0.25) is 0 Å². The molecule has 0 radical (unpaired) electrons. The Morgan fingerprint density at radius 1 is 1.25 bits per heavy atom. The molecule has 12 heavy (non-hydrogen) atoms. The van der Waals surface area contributed by atoms with Gasteiger partial charge < -0.3 is 9.64 Å². The standard InChI is InChI=1S/C10H19NO/c1-11-7-6-8-4-3-5-9(12-2)10(8)11/h8-10H,3-7H2,1-2H3/t8-,9-,10?/m0/s1. The predicted octanol–water partition coefficient (Wildman–Crippen LogP) is 1.51. The van der Waals surface area contributed by atoms with Gasteiger partial charge in [-0.2, -0.15) is 0 Å². The minimum atomic E-state index is 0.510. The van der Waals surface area contributed by atoms with Crippen molar-refractivity contribution in [1.82, 2.24) is 4.90 Å². The molecule has 0 bridgehead atoms. The van der Waals surface area contributed by atoms with E-state index in [1.807, 2.05) is 7.11 Å². The Labute approximate surface area is 74.9 Å². The van der Waals surface area contributed by atoms with Gasteiger partial charge in [0.2, 0.25) is 0 Å². The highest BCUT2D eigenvalue weighted by atomic mass is 16.5. The van der Waals surface area contributed by atoms with Crippen molar-refractivity contribution in [2.45, 2.75) is 37.8 Å². The number of hydrogen-bond donors (Lipinski definition) is 0. The van der Waals surface area contributed by atoms with Gasteiger partial charge in [0, 0.05) is 13.2 Å². The lowest BCUT2D eigenvalue weighted by atomic mass is 9.83. The Bertz CT molecular complexity index is 158. The highest BCUT2D eigenvalue weighted by Crippen LogP contribution is 2.36. The SMILES string of the molecule is CO[C@H]1CCC[C@H]2CCN(C)C21. The molecular weight excluding hydrogens is 150 g/mol. The number of likely N-dealkylation sites (N-methyl/N-ethyl adjacent to an activating group) is 1. The lowest BCUT2D eigenvalue weighted by Gasteiger charge is -2.36. The third-order valence-electron chi connectivity index (χ3n) is 3.59. The Morgan fingerprint density at radius 3 is 2.83 bits per heavy atom. The molecule has 1 aliphatic carbocycles. The maximum atomic E-state index is 5.53. The van der Waals surface area contributed by atoms with Crippen LogP contribution in [0.3, 0.4) is 0 Å². The van der Waals surface area contributed by atoms with Gasteiger partial charge in [0.25, 0.3) is 0 Å². The van der Waals surface area contributed by atoms with E-state index in [9.17, 15) is 0 Å². The Morgan fingerprint density at radius 2 is 2.08 bits per heavy atom. The van der Waals surface area contributed by atoms with Crippen LogP contribution in [0.15, 0.2) is 0 Å². The summed E-state index contributed by atoms with van der Waals surface area (Å²) in [5, 5.41) is 0. The zero-order valence-corrected chi connectivity index (χ0v) is 8.12. The first-order valence-corrected chi connectivity index (χ1v) is 5.06. The minimum absolute atomic E-state index is 0.510. The van der Waals surface area contributed by atoms with E-state index in [2.05, 4.69) is 11.9 Å². The molecule has 0 spiro atoms. The molecule has 1 heterocycles. The van der Waals surface area contributed by atoms with E-state index < -0.39 is 0 Å². The summed E-state index contributed by atoms with van der Waals surface area (Å²) in [6.07, 6.45) is 5.96. The summed E-state index contributed by atoms with van der Waals surface area (Å²) in [6, 6.07) is 0.726. The van der Waals surface area contributed by atoms with Crippen molar-refractivity contribution in [2.24, 2.45) is 5.92 Å². The van der Waals surface area contributed by atoms with E-state index >= 15 is 0 Å². The van der Waals surface area contributed by atoms with Crippen LogP contribution in [0.25, 0.3) is 0 Å². The molecule has 3 atom stereocenters. The molecule has 1 saturated carbocycles. The molecule has 0 aromatic heterocycles. The van der Waals surface area contributed by atoms with E-state index in [1.165, 1.54) is 32.2 Å². The van der Waals surface area contributed by atoms with Crippen molar-refractivity contribution >= 4 is 0 Å². The van der Waals surface area contributed by atoms with E-state index in [0.717, 1.165) is 12.0 Å². The van der Waals surface area contributed by atoms with Crippen LogP contribution in [0.2, 0.25) is 0 Å². The number of likely N-dealkylation sites (tertiary alicyclic amines) is 1. The van der Waals surface area contributed by atoms with Gasteiger partial charge in [0.1, 0.15) is 0 Å². The average Bonchev–Trinajstić information content (AvgIpc) is 2.48. The van der Waals surface area contributed by atoms with Crippen molar-refractivity contribution in [3.8, 4) is 0 Å². The van der Waals surface area contributed by atoms with Crippen LogP contribution in [0.5, 0.6) is 0 Å². The first-order valence-electron chi connectivity index (χ1n) is 5.06. The van der Waals surface area contributed by atoms with Crippen LogP contribution in [0.1, 0.15) is 25.7 Å². The quantitative estimate of drug-likeness (QED) is 0.590. The number of ether oxygens (including phenoxy) is 1. The summed E-state index contributed by atoms with van der Waals surface area (Å²) in [6.45, 7) is 1.27. The highest BCUT2D eigenvalue weighted by molar-refractivity contribution is 4.93. The van der Waals surface area contributed by atoms with E-state index in [1.54, 1.807) is 0 Å². The molecule has 70 valence electrons. The van der Waals surface area contributed by atoms with Gasteiger partial charge in [0.15, 0.2) is 0 Å². The van der Waals surface area contributed by atoms with E-state index in [-0.39, 0.29) is 0 Å². The number of fused-ring (bicyclic) bond motifs is 1. The largest absolute Gasteiger partial charge is 0.380 e. The maximum Gasteiger partial charge on any atom is 0.0729 e. The monoisotopic (exact) mass is 169 g/mol. The van der Waals surface area contributed by atoms with Crippen molar-refractivity contribution in [2.75, 3.05) is 20.7 Å². The average molecular weight is 169 g/mol. The number of rotatable bonds is 1. The molecule has 2 aliphatic rings. The summed E-state index contributed by atoms with van der Waals surface area (Å²) in [5.41, 5.74) is 0. The predicted molar refractivity (Wildman–Crippen MR) is 49.2 cm³/mol. The van der Waals surface area contributed by atoms with Gasteiger partial charge in [0.05, 0.1) is 6.10 Å². The van der Waals surface area contributed by atoms with Crippen LogP contribution >= 0.6 is 0 Å². The number of nitrogens with zero attached hydrogens (tertiary/aromatic N) is 1. The summed E-state index contributed by atoms with van der Waals surface area (Å²) in [7, 11) is 4.10. The van der Waals surface area contributed by atoms with E-state index in [0.29, 0.717) is 6.10 Å². The lowest BCUT2D eigenvalue weighted by molar-refractivity contribution is -0.00150. The molecule has 1 saturated heterocycles. The molecule has 0 aromatic rings. The summed E-state index contributed by atoms with van der Waals surface area (Å²) < 4.78 is 5.53. The van der Waals surface area contributed by atoms with Crippen LogP contribution in [-0.2, 0) is 4.74 Å². The van der Waals surface area contributed by atoms with Gasteiger partial charge in [-0.05, 0) is 38.8 Å². The Kier molecular flexibility index (Phi) is 2.37. The summed E-state index contributed by atoms with van der Waals surface area (Å²) in [4.78, 5) is 2.48. The molecule has 2 nitrogen and oxygen atoms in total. The summed E-state index contributed by atoms with van der Waals surface area (Å²) in [5.74, 6) is 0.925. The van der Waals surface area contributed by atoms with Crippen molar-refractivity contribution in [3.05, 3.63) is 0 Å². The number of methoxy groups -OCH3 is 1. The van der Waals surface area contributed by atoms with Crippen LogP contribution < -0.4 is 0 Å².